The van der Waals surface area contributed by atoms with Crippen LogP contribution in [0.4, 0.5) is 4.79 Å². The van der Waals surface area contributed by atoms with E-state index in [9.17, 15) is 4.79 Å². The Hall–Kier alpha value is -0.513. The highest BCUT2D eigenvalue weighted by Gasteiger charge is 2.25. The zero-order valence-electron chi connectivity index (χ0n) is 10.9. The smallest absolute Gasteiger partial charge is 0.490 e. The van der Waals surface area contributed by atoms with E-state index < -0.39 is 14.5 Å². The van der Waals surface area contributed by atoms with Gasteiger partial charge in [0.05, 0.1) is 0 Å². The zero-order chi connectivity index (χ0) is 12.4. The number of rotatable bonds is 9. The highest BCUT2D eigenvalue weighted by molar-refractivity contribution is 6.72. The summed E-state index contributed by atoms with van der Waals surface area (Å²) in [5.74, 6) is 0. The summed E-state index contributed by atoms with van der Waals surface area (Å²) in [4.78, 5) is 10.4. The monoisotopic (exact) mass is 246 g/mol. The molecule has 0 atom stereocenters. The van der Waals surface area contributed by atoms with Gasteiger partial charge in [-0.25, -0.2) is 4.79 Å². The lowest BCUT2D eigenvalue weighted by molar-refractivity contribution is 0.141. The molecule has 0 aromatic rings. The molecule has 1 N–H and O–H groups in total. The highest BCUT2D eigenvalue weighted by Crippen LogP contribution is 2.17. The molecule has 0 aliphatic rings. The molecule has 0 aromatic heterocycles. The lowest BCUT2D eigenvalue weighted by atomic mass is 10.1. The summed E-state index contributed by atoms with van der Waals surface area (Å²) in [7, 11) is -1.94. The minimum absolute atomic E-state index is 0.951. The first-order valence-corrected chi connectivity index (χ1v) is 9.51. The minimum Gasteiger partial charge on any atom is -0.490 e. The predicted octanol–water partition coefficient (Wildman–Crippen LogP) is 4.64. The summed E-state index contributed by atoms with van der Waals surface area (Å²) in [6, 6.07) is 0.951. The van der Waals surface area contributed by atoms with Gasteiger partial charge in [0, 0.05) is 0 Å². The van der Waals surface area contributed by atoms with Crippen LogP contribution in [-0.2, 0) is 4.43 Å². The van der Waals surface area contributed by atoms with E-state index in [4.69, 9.17) is 9.53 Å². The molecular formula is C12H26O3Si. The average Bonchev–Trinajstić information content (AvgIpc) is 2.14. The Bertz CT molecular complexity index is 193. The largest absolute Gasteiger partial charge is 0.491 e. The van der Waals surface area contributed by atoms with Crippen molar-refractivity contribution in [2.45, 2.75) is 71.0 Å². The Morgan fingerprint density at radius 1 is 1.06 bits per heavy atom. The Morgan fingerprint density at radius 2 is 1.56 bits per heavy atom. The number of unbranched alkanes of at least 4 members (excludes halogenated alkanes) is 6. The molecule has 0 spiro atoms. The third-order valence-corrected chi connectivity index (χ3v) is 5.03. The van der Waals surface area contributed by atoms with Crippen molar-refractivity contribution in [2.75, 3.05) is 0 Å². The molecule has 3 nitrogen and oxygen atoms in total. The molecule has 4 heteroatoms. The van der Waals surface area contributed by atoms with Crippen LogP contribution in [0.2, 0.25) is 19.1 Å². The van der Waals surface area contributed by atoms with Gasteiger partial charge in [-0.05, 0) is 19.1 Å². The quantitative estimate of drug-likeness (QED) is 0.476. The maximum absolute atomic E-state index is 10.4. The van der Waals surface area contributed by atoms with Crippen LogP contribution in [0.1, 0.15) is 51.9 Å². The van der Waals surface area contributed by atoms with Crippen LogP contribution in [0, 0.1) is 0 Å². The number of hydrogen-bond donors (Lipinski definition) is 1. The molecule has 0 saturated carbocycles. The van der Waals surface area contributed by atoms with Gasteiger partial charge in [0.25, 0.3) is 8.32 Å². The first-order valence-electron chi connectivity index (χ1n) is 6.40. The molecule has 0 bridgehead atoms. The SMILES string of the molecule is CCCCCCCCC[Si](C)(C)OC(=O)O. The molecule has 0 radical (unpaired) electrons. The van der Waals surface area contributed by atoms with Gasteiger partial charge in [-0.15, -0.1) is 0 Å². The van der Waals surface area contributed by atoms with Gasteiger partial charge in [-0.3, -0.25) is 0 Å². The Balaban J connectivity index is 3.39. The summed E-state index contributed by atoms with van der Waals surface area (Å²) in [5, 5.41) is 8.56. The molecule has 0 aromatic carbocycles. The standard InChI is InChI=1S/C12H26O3Si/c1-4-5-6-7-8-9-10-11-16(2,3)15-12(13)14/h4-11H2,1-3H3,(H,13,14). The van der Waals surface area contributed by atoms with Crippen LogP contribution in [0.3, 0.4) is 0 Å². The van der Waals surface area contributed by atoms with Crippen LogP contribution in [0.25, 0.3) is 0 Å². The van der Waals surface area contributed by atoms with E-state index in [0.29, 0.717) is 0 Å². The van der Waals surface area contributed by atoms with Gasteiger partial charge in [0.2, 0.25) is 0 Å². The van der Waals surface area contributed by atoms with Crippen molar-refractivity contribution in [3.63, 3.8) is 0 Å². The van der Waals surface area contributed by atoms with E-state index in [-0.39, 0.29) is 0 Å². The van der Waals surface area contributed by atoms with E-state index in [1.807, 2.05) is 13.1 Å². The van der Waals surface area contributed by atoms with Crippen molar-refractivity contribution in [1.82, 2.24) is 0 Å². The van der Waals surface area contributed by atoms with Gasteiger partial charge in [-0.2, -0.15) is 0 Å². The molecule has 0 aliphatic heterocycles. The molecule has 96 valence electrons. The fourth-order valence-electron chi connectivity index (χ4n) is 1.80. The fourth-order valence-corrected chi connectivity index (χ4v) is 3.47. The van der Waals surface area contributed by atoms with Crippen molar-refractivity contribution >= 4 is 14.5 Å². The van der Waals surface area contributed by atoms with Gasteiger partial charge in [0.15, 0.2) is 0 Å². The molecule has 0 fully saturated rings. The molecule has 0 unspecified atom stereocenters. The Labute approximate surface area is 100 Å². The van der Waals surface area contributed by atoms with Crippen molar-refractivity contribution < 1.29 is 14.3 Å². The van der Waals surface area contributed by atoms with Gasteiger partial charge < -0.3 is 9.53 Å². The maximum atomic E-state index is 10.4. The summed E-state index contributed by atoms with van der Waals surface area (Å²) in [5.41, 5.74) is 0. The second-order valence-corrected chi connectivity index (χ2v) is 9.22. The topological polar surface area (TPSA) is 46.5 Å². The second kappa shape index (κ2) is 8.62. The van der Waals surface area contributed by atoms with Crippen molar-refractivity contribution in [3.8, 4) is 0 Å². The molecule has 0 amide bonds. The zero-order valence-corrected chi connectivity index (χ0v) is 11.9. The molecular weight excluding hydrogens is 220 g/mol. The first kappa shape index (κ1) is 15.5. The summed E-state index contributed by atoms with van der Waals surface area (Å²) >= 11 is 0. The molecule has 0 rings (SSSR count). The normalized spacial score (nSPS) is 11.4. The summed E-state index contributed by atoms with van der Waals surface area (Å²) in [6.07, 6.45) is 7.76. The number of hydrogen-bond acceptors (Lipinski definition) is 2. The van der Waals surface area contributed by atoms with E-state index in [1.165, 1.54) is 38.5 Å². The maximum Gasteiger partial charge on any atom is 0.491 e. The molecule has 0 heterocycles. The first-order chi connectivity index (χ1) is 7.48. The molecule has 0 saturated heterocycles. The highest BCUT2D eigenvalue weighted by atomic mass is 28.4. The van der Waals surface area contributed by atoms with Crippen molar-refractivity contribution in [3.05, 3.63) is 0 Å². The van der Waals surface area contributed by atoms with Gasteiger partial charge in [-0.1, -0.05) is 51.9 Å². The summed E-state index contributed by atoms with van der Waals surface area (Å²) < 4.78 is 4.94. The lowest BCUT2D eigenvalue weighted by Crippen LogP contribution is -2.32. The summed E-state index contributed by atoms with van der Waals surface area (Å²) in [6.45, 7) is 6.16. The molecule has 16 heavy (non-hydrogen) atoms. The Morgan fingerprint density at radius 3 is 2.06 bits per heavy atom. The average molecular weight is 246 g/mol. The third kappa shape index (κ3) is 10.0. The van der Waals surface area contributed by atoms with Crippen molar-refractivity contribution in [1.29, 1.82) is 0 Å². The van der Waals surface area contributed by atoms with E-state index >= 15 is 0 Å². The number of carbonyl (C=O) groups is 1. The third-order valence-electron chi connectivity index (χ3n) is 2.75. The van der Waals surface area contributed by atoms with E-state index in [0.717, 1.165) is 12.5 Å². The van der Waals surface area contributed by atoms with Crippen LogP contribution >= 0.6 is 0 Å². The van der Waals surface area contributed by atoms with E-state index in [2.05, 4.69) is 6.92 Å². The fraction of sp³-hybridized carbons (Fsp3) is 0.917. The van der Waals surface area contributed by atoms with Crippen LogP contribution in [0.5, 0.6) is 0 Å². The minimum atomic E-state index is -1.94. The van der Waals surface area contributed by atoms with Crippen molar-refractivity contribution in [2.24, 2.45) is 0 Å². The van der Waals surface area contributed by atoms with Gasteiger partial charge in [0.1, 0.15) is 0 Å². The predicted molar refractivity (Wildman–Crippen MR) is 69.4 cm³/mol. The van der Waals surface area contributed by atoms with Crippen LogP contribution in [0.15, 0.2) is 0 Å². The van der Waals surface area contributed by atoms with Crippen LogP contribution < -0.4 is 0 Å². The lowest BCUT2D eigenvalue weighted by Gasteiger charge is -2.20. The second-order valence-electron chi connectivity index (χ2n) is 5.00. The molecule has 0 aliphatic carbocycles. The number of carboxylic acid groups (broad SMARTS) is 1. The van der Waals surface area contributed by atoms with E-state index in [1.54, 1.807) is 0 Å². The van der Waals surface area contributed by atoms with Crippen LogP contribution in [-0.4, -0.2) is 19.6 Å². The van der Waals surface area contributed by atoms with Gasteiger partial charge >= 0.3 is 6.16 Å². The Kier molecular flexibility index (Phi) is 8.34.